The van der Waals surface area contributed by atoms with Gasteiger partial charge in [0.2, 0.25) is 5.91 Å². The highest BCUT2D eigenvalue weighted by Crippen LogP contribution is 2.37. The number of hydrogen-bond acceptors (Lipinski definition) is 4. The summed E-state index contributed by atoms with van der Waals surface area (Å²) >= 11 is 0. The molecule has 1 unspecified atom stereocenters. The highest BCUT2D eigenvalue weighted by Gasteiger charge is 2.36. The summed E-state index contributed by atoms with van der Waals surface area (Å²) in [6.45, 7) is 0.170. The first-order valence-corrected chi connectivity index (χ1v) is 7.82. The van der Waals surface area contributed by atoms with Crippen LogP contribution < -0.4 is 15.5 Å². The average Bonchev–Trinajstić information content (AvgIpc) is 3.02. The van der Waals surface area contributed by atoms with Crippen molar-refractivity contribution in [3.63, 3.8) is 0 Å². The van der Waals surface area contributed by atoms with Gasteiger partial charge in [0.15, 0.2) is 6.10 Å². The molecular weight excluding hydrogens is 298 g/mol. The summed E-state index contributed by atoms with van der Waals surface area (Å²) < 4.78 is 4.85. The van der Waals surface area contributed by atoms with Crippen molar-refractivity contribution in [2.24, 2.45) is 0 Å². The fraction of sp³-hybridized carbons (Fsp3) is 0.438. The molecule has 1 saturated carbocycles. The minimum atomic E-state index is -0.816. The number of rotatable bonds is 3. The predicted octanol–water partition coefficient (Wildman–Crippen LogP) is 1.18. The van der Waals surface area contributed by atoms with Gasteiger partial charge in [0, 0.05) is 17.4 Å². The molecule has 0 bridgehead atoms. The summed E-state index contributed by atoms with van der Waals surface area (Å²) in [5.74, 6) is -0.245. The van der Waals surface area contributed by atoms with Crippen LogP contribution in [-0.2, 0) is 20.7 Å². The Kier molecular flexibility index (Phi) is 3.21. The van der Waals surface area contributed by atoms with Gasteiger partial charge < -0.3 is 20.3 Å². The quantitative estimate of drug-likeness (QED) is 0.876. The zero-order chi connectivity index (χ0) is 16.0. The number of fused-ring (bicyclic) bond motifs is 1. The van der Waals surface area contributed by atoms with Crippen LogP contribution in [0.25, 0.3) is 0 Å². The average molecular weight is 315 g/mol. The SMILES string of the molecule is O=C1NCC(C(=O)Nc2ccc3c(c2)CC(=O)N3C2CCC2)O1. The van der Waals surface area contributed by atoms with Gasteiger partial charge >= 0.3 is 6.09 Å². The summed E-state index contributed by atoms with van der Waals surface area (Å²) in [4.78, 5) is 37.1. The van der Waals surface area contributed by atoms with Gasteiger partial charge in [-0.05, 0) is 43.0 Å². The van der Waals surface area contributed by atoms with Gasteiger partial charge in [0.05, 0.1) is 13.0 Å². The zero-order valence-corrected chi connectivity index (χ0v) is 12.5. The van der Waals surface area contributed by atoms with Gasteiger partial charge in [-0.3, -0.25) is 9.59 Å². The topological polar surface area (TPSA) is 87.7 Å². The molecule has 120 valence electrons. The molecule has 3 aliphatic rings. The van der Waals surface area contributed by atoms with E-state index in [1.54, 1.807) is 6.07 Å². The third kappa shape index (κ3) is 2.42. The third-order valence-electron chi connectivity index (χ3n) is 4.63. The van der Waals surface area contributed by atoms with Crippen LogP contribution in [0.5, 0.6) is 0 Å². The fourth-order valence-corrected chi connectivity index (χ4v) is 3.23. The molecule has 7 heteroatoms. The molecule has 2 N–H and O–H groups in total. The third-order valence-corrected chi connectivity index (χ3v) is 4.63. The largest absolute Gasteiger partial charge is 0.434 e. The Morgan fingerprint density at radius 1 is 1.30 bits per heavy atom. The first-order chi connectivity index (χ1) is 11.1. The number of carbonyl (C=O) groups excluding carboxylic acids is 3. The zero-order valence-electron chi connectivity index (χ0n) is 12.5. The van der Waals surface area contributed by atoms with E-state index < -0.39 is 12.2 Å². The molecule has 2 heterocycles. The minimum Gasteiger partial charge on any atom is -0.434 e. The van der Waals surface area contributed by atoms with E-state index in [-0.39, 0.29) is 18.4 Å². The first kappa shape index (κ1) is 14.0. The second-order valence-electron chi connectivity index (χ2n) is 6.13. The number of benzene rings is 1. The molecule has 1 saturated heterocycles. The van der Waals surface area contributed by atoms with Crippen LogP contribution in [0.1, 0.15) is 24.8 Å². The lowest BCUT2D eigenvalue weighted by Gasteiger charge is -2.35. The molecule has 2 fully saturated rings. The maximum atomic E-state index is 12.2. The second kappa shape index (κ2) is 5.26. The molecule has 23 heavy (non-hydrogen) atoms. The molecule has 1 atom stereocenters. The first-order valence-electron chi connectivity index (χ1n) is 7.82. The van der Waals surface area contributed by atoms with Crippen LogP contribution in [0.15, 0.2) is 18.2 Å². The lowest BCUT2D eigenvalue weighted by atomic mass is 9.91. The minimum absolute atomic E-state index is 0.127. The van der Waals surface area contributed by atoms with Crippen molar-refractivity contribution in [2.75, 3.05) is 16.8 Å². The number of hydrogen-bond donors (Lipinski definition) is 2. The van der Waals surface area contributed by atoms with Crippen molar-refractivity contribution in [2.45, 2.75) is 37.8 Å². The number of nitrogens with zero attached hydrogens (tertiary/aromatic N) is 1. The standard InChI is InChI=1S/C16H17N3O4/c20-14-7-9-6-10(18-15(21)13-8-17-16(22)23-13)4-5-12(9)19(14)11-2-1-3-11/h4-6,11,13H,1-3,7-8H2,(H,17,22)(H,18,21). The number of nitrogens with one attached hydrogen (secondary N) is 2. The molecule has 0 radical (unpaired) electrons. The molecular formula is C16H17N3O4. The molecule has 0 aromatic heterocycles. The lowest BCUT2D eigenvalue weighted by Crippen LogP contribution is -2.42. The van der Waals surface area contributed by atoms with Crippen molar-refractivity contribution in [3.05, 3.63) is 23.8 Å². The predicted molar refractivity (Wildman–Crippen MR) is 82.2 cm³/mol. The smallest absolute Gasteiger partial charge is 0.408 e. The Morgan fingerprint density at radius 3 is 2.78 bits per heavy atom. The van der Waals surface area contributed by atoms with Gasteiger partial charge in [-0.1, -0.05) is 0 Å². The maximum Gasteiger partial charge on any atom is 0.408 e. The van der Waals surface area contributed by atoms with E-state index >= 15 is 0 Å². The van der Waals surface area contributed by atoms with E-state index in [0.717, 1.165) is 24.1 Å². The molecule has 1 aliphatic carbocycles. The monoisotopic (exact) mass is 315 g/mol. The number of amides is 3. The number of ether oxygens (including phenoxy) is 1. The Labute approximate surface area is 133 Å². The number of anilines is 2. The molecule has 1 aromatic rings. The van der Waals surface area contributed by atoms with E-state index in [9.17, 15) is 14.4 Å². The second-order valence-corrected chi connectivity index (χ2v) is 6.13. The molecule has 1 aromatic carbocycles. The van der Waals surface area contributed by atoms with Gasteiger partial charge in [-0.2, -0.15) is 0 Å². The van der Waals surface area contributed by atoms with Gasteiger partial charge in [-0.15, -0.1) is 0 Å². The Morgan fingerprint density at radius 2 is 2.13 bits per heavy atom. The normalized spacial score (nSPS) is 23.1. The van der Waals surface area contributed by atoms with E-state index in [1.807, 2.05) is 17.0 Å². The number of cyclic esters (lactones) is 1. The maximum absolute atomic E-state index is 12.2. The van der Waals surface area contributed by atoms with Gasteiger partial charge in [-0.25, -0.2) is 4.79 Å². The van der Waals surface area contributed by atoms with Gasteiger partial charge in [0.1, 0.15) is 0 Å². The lowest BCUT2D eigenvalue weighted by molar-refractivity contribution is -0.122. The van der Waals surface area contributed by atoms with Crippen molar-refractivity contribution >= 4 is 29.3 Å². The van der Waals surface area contributed by atoms with E-state index in [4.69, 9.17) is 4.74 Å². The Bertz CT molecular complexity index is 699. The van der Waals surface area contributed by atoms with Crippen LogP contribution in [-0.4, -0.2) is 36.6 Å². The highest BCUT2D eigenvalue weighted by molar-refractivity contribution is 6.03. The van der Waals surface area contributed by atoms with Crippen LogP contribution in [0.2, 0.25) is 0 Å². The van der Waals surface area contributed by atoms with Crippen LogP contribution in [0, 0.1) is 0 Å². The number of carbonyl (C=O) groups is 3. The highest BCUT2D eigenvalue weighted by atomic mass is 16.6. The van der Waals surface area contributed by atoms with Crippen LogP contribution in [0.4, 0.5) is 16.2 Å². The summed E-state index contributed by atoms with van der Waals surface area (Å²) in [5, 5.41) is 5.18. The summed E-state index contributed by atoms with van der Waals surface area (Å²) in [6.07, 6.45) is 2.26. The van der Waals surface area contributed by atoms with E-state index in [2.05, 4.69) is 10.6 Å². The Hall–Kier alpha value is -2.57. The summed E-state index contributed by atoms with van der Waals surface area (Å²) in [7, 11) is 0. The van der Waals surface area contributed by atoms with Crippen molar-refractivity contribution < 1.29 is 19.1 Å². The number of alkyl carbamates (subject to hydrolysis) is 1. The summed E-state index contributed by atoms with van der Waals surface area (Å²) in [6, 6.07) is 5.82. The van der Waals surface area contributed by atoms with E-state index in [0.29, 0.717) is 18.2 Å². The molecule has 4 rings (SSSR count). The van der Waals surface area contributed by atoms with Crippen LogP contribution in [0.3, 0.4) is 0 Å². The fourth-order valence-electron chi connectivity index (χ4n) is 3.23. The van der Waals surface area contributed by atoms with Crippen molar-refractivity contribution in [1.82, 2.24) is 5.32 Å². The summed E-state index contributed by atoms with van der Waals surface area (Å²) in [5.41, 5.74) is 2.49. The van der Waals surface area contributed by atoms with Crippen molar-refractivity contribution in [3.8, 4) is 0 Å². The molecule has 7 nitrogen and oxygen atoms in total. The van der Waals surface area contributed by atoms with Gasteiger partial charge in [0.25, 0.3) is 5.91 Å². The van der Waals surface area contributed by atoms with Crippen molar-refractivity contribution in [1.29, 1.82) is 0 Å². The molecule has 3 amide bonds. The molecule has 2 aliphatic heterocycles. The molecule has 0 spiro atoms. The van der Waals surface area contributed by atoms with E-state index in [1.165, 1.54) is 6.42 Å². The Balaban J connectivity index is 1.50. The van der Waals surface area contributed by atoms with Crippen LogP contribution >= 0.6 is 0 Å².